The van der Waals surface area contributed by atoms with Gasteiger partial charge in [-0.05, 0) is 23.8 Å². The van der Waals surface area contributed by atoms with E-state index in [1.807, 2.05) is 30.3 Å². The van der Waals surface area contributed by atoms with Gasteiger partial charge in [0, 0.05) is 18.2 Å². The molecule has 9 nitrogen and oxygen atoms in total. The van der Waals surface area contributed by atoms with Crippen LogP contribution in [0.3, 0.4) is 0 Å². The van der Waals surface area contributed by atoms with Crippen LogP contribution in [0.4, 0.5) is 16.3 Å². The highest BCUT2D eigenvalue weighted by atomic mass is 16.6. The molecule has 2 heterocycles. The number of carbonyl (C=O) groups is 1. The Morgan fingerprint density at radius 1 is 1.10 bits per heavy atom. The molecule has 0 bridgehead atoms. The fourth-order valence-electron chi connectivity index (χ4n) is 2.81. The van der Waals surface area contributed by atoms with Crippen LogP contribution in [0.5, 0.6) is 0 Å². The minimum absolute atomic E-state index is 0.0971. The van der Waals surface area contributed by atoms with Gasteiger partial charge in [0.15, 0.2) is 5.76 Å². The zero-order valence-electron chi connectivity index (χ0n) is 15.6. The van der Waals surface area contributed by atoms with Gasteiger partial charge in [0.25, 0.3) is 5.69 Å². The second-order valence-corrected chi connectivity index (χ2v) is 6.27. The van der Waals surface area contributed by atoms with Gasteiger partial charge in [-0.2, -0.15) is 5.10 Å². The molecule has 0 radical (unpaired) electrons. The summed E-state index contributed by atoms with van der Waals surface area (Å²) in [6.45, 7) is 0.0999. The summed E-state index contributed by atoms with van der Waals surface area (Å²) >= 11 is 0. The van der Waals surface area contributed by atoms with Crippen LogP contribution in [0.1, 0.15) is 5.56 Å². The third kappa shape index (κ3) is 4.20. The number of non-ortho nitro benzene ring substituents is 1. The molecule has 1 amide bonds. The van der Waals surface area contributed by atoms with Gasteiger partial charge < -0.3 is 9.15 Å². The zero-order chi connectivity index (χ0) is 20.9. The van der Waals surface area contributed by atoms with Crippen molar-refractivity contribution in [3.63, 3.8) is 0 Å². The van der Waals surface area contributed by atoms with Gasteiger partial charge in [-0.25, -0.2) is 9.48 Å². The summed E-state index contributed by atoms with van der Waals surface area (Å²) in [6.07, 6.45) is 0.819. The van der Waals surface area contributed by atoms with Crippen LogP contribution >= 0.6 is 0 Å². The van der Waals surface area contributed by atoms with Crippen molar-refractivity contribution in [1.82, 2.24) is 9.78 Å². The highest BCUT2D eigenvalue weighted by Crippen LogP contribution is 2.26. The molecule has 30 heavy (non-hydrogen) atoms. The number of aromatic nitrogens is 2. The number of nitro benzene ring substituents is 1. The van der Waals surface area contributed by atoms with Crippen molar-refractivity contribution in [3.05, 3.63) is 94.7 Å². The summed E-state index contributed by atoms with van der Waals surface area (Å²) in [4.78, 5) is 23.0. The fraction of sp³-hybridized carbons (Fsp3) is 0.0476. The Balaban J connectivity index is 1.61. The normalized spacial score (nSPS) is 10.5. The smallest absolute Gasteiger partial charge is 0.413 e. The molecule has 4 rings (SSSR count). The molecular formula is C21H16N4O5. The molecule has 0 unspecified atom stereocenters. The van der Waals surface area contributed by atoms with E-state index in [4.69, 9.17) is 9.15 Å². The molecule has 0 saturated heterocycles. The monoisotopic (exact) mass is 404 g/mol. The Hall–Kier alpha value is -4.40. The molecule has 0 aliphatic rings. The molecule has 2 aromatic carbocycles. The van der Waals surface area contributed by atoms with Crippen molar-refractivity contribution < 1.29 is 18.9 Å². The summed E-state index contributed by atoms with van der Waals surface area (Å²) in [7, 11) is 0. The Morgan fingerprint density at radius 2 is 1.93 bits per heavy atom. The number of nitrogens with zero attached hydrogens (tertiary/aromatic N) is 3. The van der Waals surface area contributed by atoms with Crippen LogP contribution in [0.2, 0.25) is 0 Å². The third-order valence-corrected chi connectivity index (χ3v) is 4.21. The SMILES string of the molecule is O=C(Nc1cc(-c2ccco2)nn1-c1cccc([N+](=O)[O-])c1)OCc1ccccc1. The molecule has 0 fully saturated rings. The van der Waals surface area contributed by atoms with Crippen molar-refractivity contribution in [2.24, 2.45) is 0 Å². The number of nitro groups is 1. The third-order valence-electron chi connectivity index (χ3n) is 4.21. The zero-order valence-corrected chi connectivity index (χ0v) is 15.6. The molecular weight excluding hydrogens is 388 g/mol. The van der Waals surface area contributed by atoms with Crippen molar-refractivity contribution >= 4 is 17.6 Å². The number of nitrogens with one attached hydrogen (secondary N) is 1. The highest BCUT2D eigenvalue weighted by Gasteiger charge is 2.17. The summed E-state index contributed by atoms with van der Waals surface area (Å²) in [5, 5.41) is 18.2. The van der Waals surface area contributed by atoms with Gasteiger partial charge in [-0.3, -0.25) is 15.4 Å². The van der Waals surface area contributed by atoms with Crippen molar-refractivity contribution in [1.29, 1.82) is 0 Å². The van der Waals surface area contributed by atoms with Crippen LogP contribution in [0.15, 0.2) is 83.5 Å². The largest absolute Gasteiger partial charge is 0.463 e. The highest BCUT2D eigenvalue weighted by molar-refractivity contribution is 5.85. The predicted molar refractivity (Wildman–Crippen MR) is 108 cm³/mol. The molecule has 9 heteroatoms. The van der Waals surface area contributed by atoms with E-state index in [1.165, 1.54) is 23.1 Å². The molecule has 4 aromatic rings. The average Bonchev–Trinajstić information content (AvgIpc) is 3.43. The number of furan rings is 1. The molecule has 0 aliphatic heterocycles. The van der Waals surface area contributed by atoms with E-state index in [-0.39, 0.29) is 18.1 Å². The average molecular weight is 404 g/mol. The summed E-state index contributed by atoms with van der Waals surface area (Å²) in [5.41, 5.74) is 1.60. The second-order valence-electron chi connectivity index (χ2n) is 6.27. The number of amides is 1. The van der Waals surface area contributed by atoms with Crippen LogP contribution in [0.25, 0.3) is 17.1 Å². The van der Waals surface area contributed by atoms with E-state index in [0.29, 0.717) is 17.1 Å². The number of benzene rings is 2. The van der Waals surface area contributed by atoms with Crippen LogP contribution in [0, 0.1) is 10.1 Å². The van der Waals surface area contributed by atoms with E-state index in [0.717, 1.165) is 5.56 Å². The van der Waals surface area contributed by atoms with Gasteiger partial charge in [-0.1, -0.05) is 36.4 Å². The number of carbonyl (C=O) groups excluding carboxylic acids is 1. The lowest BCUT2D eigenvalue weighted by Gasteiger charge is -2.09. The molecule has 0 saturated carbocycles. The quantitative estimate of drug-likeness (QED) is 0.365. The van der Waals surface area contributed by atoms with Crippen LogP contribution in [-0.4, -0.2) is 20.8 Å². The first-order valence-electron chi connectivity index (χ1n) is 8.96. The van der Waals surface area contributed by atoms with Crippen molar-refractivity contribution in [2.75, 3.05) is 5.32 Å². The van der Waals surface area contributed by atoms with E-state index in [2.05, 4.69) is 10.4 Å². The lowest BCUT2D eigenvalue weighted by Crippen LogP contribution is -2.16. The molecule has 2 aromatic heterocycles. The van der Waals surface area contributed by atoms with Gasteiger partial charge in [-0.15, -0.1) is 0 Å². The Labute approximate surface area is 170 Å². The maximum absolute atomic E-state index is 12.3. The first kappa shape index (κ1) is 18.9. The standard InChI is InChI=1S/C21H16N4O5/c26-21(30-14-15-6-2-1-3-7-15)22-20-13-18(19-10-5-11-29-19)23-24(20)16-8-4-9-17(12-16)25(27)28/h1-13H,14H2,(H,22,26). The topological polar surface area (TPSA) is 112 Å². The molecule has 150 valence electrons. The number of anilines is 1. The van der Waals surface area contributed by atoms with E-state index in [9.17, 15) is 14.9 Å². The van der Waals surface area contributed by atoms with Gasteiger partial charge >= 0.3 is 6.09 Å². The van der Waals surface area contributed by atoms with Crippen molar-refractivity contribution in [3.8, 4) is 17.1 Å². The Morgan fingerprint density at radius 3 is 2.67 bits per heavy atom. The second kappa shape index (κ2) is 8.31. The Bertz CT molecular complexity index is 1170. The van der Waals surface area contributed by atoms with Gasteiger partial charge in [0.2, 0.25) is 0 Å². The lowest BCUT2D eigenvalue weighted by atomic mass is 10.2. The maximum atomic E-state index is 12.3. The maximum Gasteiger partial charge on any atom is 0.413 e. The van der Waals surface area contributed by atoms with E-state index >= 15 is 0 Å². The lowest BCUT2D eigenvalue weighted by molar-refractivity contribution is -0.384. The predicted octanol–water partition coefficient (Wildman–Crippen LogP) is 4.79. The summed E-state index contributed by atoms with van der Waals surface area (Å²) in [5.74, 6) is 0.764. The summed E-state index contributed by atoms with van der Waals surface area (Å²) in [6, 6.07) is 20.2. The molecule has 0 aliphatic carbocycles. The summed E-state index contributed by atoms with van der Waals surface area (Å²) < 4.78 is 12.0. The van der Waals surface area contributed by atoms with Gasteiger partial charge in [0.1, 0.15) is 18.1 Å². The fourth-order valence-corrected chi connectivity index (χ4v) is 2.81. The van der Waals surface area contributed by atoms with Crippen LogP contribution in [-0.2, 0) is 11.3 Å². The van der Waals surface area contributed by atoms with Crippen molar-refractivity contribution in [2.45, 2.75) is 6.61 Å². The molecule has 0 spiro atoms. The Kier molecular flexibility index (Phi) is 5.25. The van der Waals surface area contributed by atoms with E-state index in [1.54, 1.807) is 30.3 Å². The minimum atomic E-state index is -0.684. The van der Waals surface area contributed by atoms with Crippen LogP contribution < -0.4 is 5.32 Å². The molecule has 1 N–H and O–H groups in total. The van der Waals surface area contributed by atoms with E-state index < -0.39 is 11.0 Å². The minimum Gasteiger partial charge on any atom is -0.463 e. The first-order valence-corrected chi connectivity index (χ1v) is 8.96. The number of hydrogen-bond acceptors (Lipinski definition) is 6. The first-order chi connectivity index (χ1) is 14.6. The molecule has 0 atom stereocenters. The number of hydrogen-bond donors (Lipinski definition) is 1. The number of rotatable bonds is 6. The number of ether oxygens (including phenoxy) is 1. The van der Waals surface area contributed by atoms with Gasteiger partial charge in [0.05, 0.1) is 16.9 Å².